The van der Waals surface area contributed by atoms with E-state index >= 15 is 0 Å². The van der Waals surface area contributed by atoms with Crippen LogP contribution in [0.25, 0.3) is 0 Å². The highest BCUT2D eigenvalue weighted by Gasteiger charge is 2.13. The van der Waals surface area contributed by atoms with Crippen molar-refractivity contribution in [2.24, 2.45) is 0 Å². The van der Waals surface area contributed by atoms with Crippen LogP contribution in [0.1, 0.15) is 15.4 Å². The normalized spacial score (nSPS) is 10.2. The van der Waals surface area contributed by atoms with Crippen molar-refractivity contribution in [2.45, 2.75) is 6.92 Å². The number of phenolic OH excluding ortho intramolecular Hbond substituents is 1. The molecule has 6 heteroatoms. The molecule has 0 spiro atoms. The first-order chi connectivity index (χ1) is 8.06. The molecule has 2 rings (SSSR count). The number of thiazole rings is 1. The molecule has 0 bridgehead atoms. The van der Waals surface area contributed by atoms with Crippen molar-refractivity contribution in [2.75, 3.05) is 5.32 Å². The number of carbonyl (C=O) groups is 1. The molecule has 0 aliphatic heterocycles. The molecule has 0 atom stereocenters. The van der Waals surface area contributed by atoms with E-state index in [1.807, 2.05) is 0 Å². The van der Waals surface area contributed by atoms with E-state index in [0.29, 0.717) is 16.5 Å². The summed E-state index contributed by atoms with van der Waals surface area (Å²) >= 11 is 1.06. The van der Waals surface area contributed by atoms with E-state index in [-0.39, 0.29) is 10.6 Å². The van der Waals surface area contributed by atoms with Crippen LogP contribution in [0.15, 0.2) is 24.3 Å². The molecule has 0 aliphatic carbocycles. The van der Waals surface area contributed by atoms with Gasteiger partial charge in [-0.1, -0.05) is 17.4 Å². The first-order valence-electron chi connectivity index (χ1n) is 4.83. The van der Waals surface area contributed by atoms with E-state index in [9.17, 15) is 9.90 Å². The van der Waals surface area contributed by atoms with Crippen LogP contribution in [0.4, 0.5) is 10.8 Å². The predicted molar refractivity (Wildman–Crippen MR) is 65.2 cm³/mol. The maximum absolute atomic E-state index is 10.8. The molecule has 0 amide bonds. The van der Waals surface area contributed by atoms with Crippen LogP contribution < -0.4 is 5.32 Å². The molecular weight excluding hydrogens is 240 g/mol. The average Bonchev–Trinajstić information content (AvgIpc) is 2.59. The summed E-state index contributed by atoms with van der Waals surface area (Å²) in [7, 11) is 0. The number of aromatic nitrogens is 1. The number of carboxylic acid groups (broad SMARTS) is 1. The molecule has 0 saturated heterocycles. The van der Waals surface area contributed by atoms with Crippen LogP contribution in [-0.4, -0.2) is 21.2 Å². The molecule has 88 valence electrons. The fourth-order valence-electron chi connectivity index (χ4n) is 1.36. The molecule has 0 aliphatic rings. The number of aromatic hydroxyl groups is 1. The third-order valence-corrected chi connectivity index (χ3v) is 3.15. The summed E-state index contributed by atoms with van der Waals surface area (Å²) in [6.45, 7) is 1.65. The lowest BCUT2D eigenvalue weighted by molar-refractivity contribution is 0.0701. The minimum atomic E-state index is -0.982. The summed E-state index contributed by atoms with van der Waals surface area (Å²) in [5.41, 5.74) is 1.14. The number of aromatic carboxylic acids is 1. The molecule has 0 saturated carbocycles. The highest BCUT2D eigenvalue weighted by molar-refractivity contribution is 7.17. The van der Waals surface area contributed by atoms with Gasteiger partial charge in [-0.05, 0) is 19.1 Å². The Balaban J connectivity index is 2.25. The quantitative estimate of drug-likeness (QED) is 0.780. The Hall–Kier alpha value is -2.08. The number of nitrogens with one attached hydrogen (secondary N) is 1. The zero-order valence-electron chi connectivity index (χ0n) is 8.97. The Kier molecular flexibility index (Phi) is 2.97. The summed E-state index contributed by atoms with van der Waals surface area (Å²) in [5.74, 6) is -0.842. The first-order valence-corrected chi connectivity index (χ1v) is 5.64. The SMILES string of the molecule is Cc1nc(Nc2cccc(O)c2)sc1C(=O)O. The summed E-state index contributed by atoms with van der Waals surface area (Å²) in [4.78, 5) is 15.2. The number of anilines is 2. The molecule has 5 nitrogen and oxygen atoms in total. The molecule has 3 N–H and O–H groups in total. The number of phenols is 1. The van der Waals surface area contributed by atoms with Crippen molar-refractivity contribution in [1.29, 1.82) is 0 Å². The molecule has 1 aromatic heterocycles. The van der Waals surface area contributed by atoms with Crippen LogP contribution in [-0.2, 0) is 0 Å². The van der Waals surface area contributed by atoms with Gasteiger partial charge >= 0.3 is 5.97 Å². The summed E-state index contributed by atoms with van der Waals surface area (Å²) < 4.78 is 0. The highest BCUT2D eigenvalue weighted by atomic mass is 32.1. The minimum absolute atomic E-state index is 0.140. The van der Waals surface area contributed by atoms with E-state index in [1.165, 1.54) is 6.07 Å². The predicted octanol–water partition coefficient (Wildman–Crippen LogP) is 2.60. The molecular formula is C11H10N2O3S. The van der Waals surface area contributed by atoms with Crippen molar-refractivity contribution in [3.63, 3.8) is 0 Å². The lowest BCUT2D eigenvalue weighted by Crippen LogP contribution is -1.94. The van der Waals surface area contributed by atoms with Crippen molar-refractivity contribution < 1.29 is 15.0 Å². The molecule has 17 heavy (non-hydrogen) atoms. The van der Waals surface area contributed by atoms with Crippen molar-refractivity contribution in [3.05, 3.63) is 34.8 Å². The van der Waals surface area contributed by atoms with Gasteiger partial charge < -0.3 is 15.5 Å². The van der Waals surface area contributed by atoms with Crippen LogP contribution in [0, 0.1) is 6.92 Å². The lowest BCUT2D eigenvalue weighted by atomic mass is 10.3. The zero-order chi connectivity index (χ0) is 12.4. The van der Waals surface area contributed by atoms with Crippen molar-refractivity contribution in [3.8, 4) is 5.75 Å². The molecule has 1 heterocycles. The van der Waals surface area contributed by atoms with E-state index in [1.54, 1.807) is 25.1 Å². The molecule has 2 aromatic rings. The second kappa shape index (κ2) is 4.42. The Morgan fingerprint density at radius 3 is 2.82 bits per heavy atom. The third-order valence-electron chi connectivity index (χ3n) is 2.09. The first kappa shape index (κ1) is 11.4. The van der Waals surface area contributed by atoms with Gasteiger partial charge in [0.15, 0.2) is 5.13 Å². The molecule has 0 unspecified atom stereocenters. The minimum Gasteiger partial charge on any atom is -0.508 e. The zero-order valence-corrected chi connectivity index (χ0v) is 9.78. The lowest BCUT2D eigenvalue weighted by Gasteiger charge is -2.01. The van der Waals surface area contributed by atoms with Gasteiger partial charge in [0.25, 0.3) is 0 Å². The van der Waals surface area contributed by atoms with Gasteiger partial charge in [-0.3, -0.25) is 0 Å². The number of nitrogens with zero attached hydrogens (tertiary/aromatic N) is 1. The monoisotopic (exact) mass is 250 g/mol. The van der Waals surface area contributed by atoms with Gasteiger partial charge in [0.2, 0.25) is 0 Å². The van der Waals surface area contributed by atoms with Crippen LogP contribution >= 0.6 is 11.3 Å². The standard InChI is InChI=1S/C11H10N2O3S/c1-6-9(10(15)16)17-11(12-6)13-7-3-2-4-8(14)5-7/h2-5,14H,1H3,(H,12,13)(H,15,16). The maximum atomic E-state index is 10.8. The smallest absolute Gasteiger partial charge is 0.347 e. The molecule has 1 aromatic carbocycles. The number of carboxylic acids is 1. The Morgan fingerprint density at radius 1 is 1.47 bits per heavy atom. The fraction of sp³-hybridized carbons (Fsp3) is 0.0909. The summed E-state index contributed by atoms with van der Waals surface area (Å²) in [6, 6.07) is 6.55. The summed E-state index contributed by atoms with van der Waals surface area (Å²) in [5, 5.41) is 21.6. The number of aryl methyl sites for hydroxylation is 1. The number of rotatable bonds is 3. The van der Waals surface area contributed by atoms with E-state index in [4.69, 9.17) is 5.11 Å². The third kappa shape index (κ3) is 2.54. The van der Waals surface area contributed by atoms with Crippen LogP contribution in [0.3, 0.4) is 0 Å². The van der Waals surface area contributed by atoms with Gasteiger partial charge in [0.05, 0.1) is 5.69 Å². The number of benzene rings is 1. The van der Waals surface area contributed by atoms with E-state index < -0.39 is 5.97 Å². The van der Waals surface area contributed by atoms with Gasteiger partial charge in [0.1, 0.15) is 10.6 Å². The largest absolute Gasteiger partial charge is 0.508 e. The fourth-order valence-corrected chi connectivity index (χ4v) is 2.18. The second-order valence-corrected chi connectivity index (χ2v) is 4.41. The average molecular weight is 250 g/mol. The summed E-state index contributed by atoms with van der Waals surface area (Å²) in [6.07, 6.45) is 0. The maximum Gasteiger partial charge on any atom is 0.347 e. The van der Waals surface area contributed by atoms with E-state index in [2.05, 4.69) is 10.3 Å². The van der Waals surface area contributed by atoms with Gasteiger partial charge in [-0.25, -0.2) is 9.78 Å². The van der Waals surface area contributed by atoms with E-state index in [0.717, 1.165) is 11.3 Å². The van der Waals surface area contributed by atoms with Crippen molar-refractivity contribution >= 4 is 28.1 Å². The van der Waals surface area contributed by atoms with Gasteiger partial charge in [-0.2, -0.15) is 0 Å². The Labute approximate surface area is 101 Å². The Morgan fingerprint density at radius 2 is 2.24 bits per heavy atom. The van der Waals surface area contributed by atoms with Crippen molar-refractivity contribution in [1.82, 2.24) is 4.98 Å². The van der Waals surface area contributed by atoms with Gasteiger partial charge in [-0.15, -0.1) is 0 Å². The number of hydrogen-bond donors (Lipinski definition) is 3. The van der Waals surface area contributed by atoms with Gasteiger partial charge in [0, 0.05) is 11.8 Å². The molecule has 0 fully saturated rings. The highest BCUT2D eigenvalue weighted by Crippen LogP contribution is 2.26. The van der Waals surface area contributed by atoms with Crippen LogP contribution in [0.2, 0.25) is 0 Å². The Bertz CT molecular complexity index is 566. The molecule has 0 radical (unpaired) electrons. The second-order valence-electron chi connectivity index (χ2n) is 3.41. The number of hydrogen-bond acceptors (Lipinski definition) is 5. The van der Waals surface area contributed by atoms with Crippen LogP contribution in [0.5, 0.6) is 5.75 Å². The topological polar surface area (TPSA) is 82.5 Å².